The molecule has 3 aromatic rings. The molecule has 0 aliphatic carbocycles. The molecule has 0 aromatic heterocycles. The zero-order valence-electron chi connectivity index (χ0n) is 12.2. The molecule has 3 nitrogen and oxygen atoms in total. The number of nitro benzene ring substituents is 1. The standard InChI is InChI=1S/C19H15NO2/c1-14-6-10-16(19-5-3-2-4-18(14)19)11-7-15-8-12-17(13-9-15)20(21)22/h2-13H,1H3/b11-7-. The lowest BCUT2D eigenvalue weighted by Crippen LogP contribution is -1.86. The number of nitrogens with zero attached hydrogens (tertiary/aromatic N) is 1. The molecule has 22 heavy (non-hydrogen) atoms. The maximum Gasteiger partial charge on any atom is 0.269 e. The molecule has 0 bridgehead atoms. The fourth-order valence-corrected chi connectivity index (χ4v) is 2.51. The molecule has 3 aromatic carbocycles. The van der Waals surface area contributed by atoms with Crippen LogP contribution < -0.4 is 0 Å². The third-order valence-corrected chi connectivity index (χ3v) is 3.74. The normalized spacial score (nSPS) is 11.1. The topological polar surface area (TPSA) is 43.1 Å². The van der Waals surface area contributed by atoms with Gasteiger partial charge in [-0.2, -0.15) is 0 Å². The first kappa shape index (κ1) is 14.0. The van der Waals surface area contributed by atoms with Gasteiger partial charge in [0.25, 0.3) is 5.69 Å². The average molecular weight is 289 g/mol. The molecule has 0 spiro atoms. The molecule has 0 fully saturated rings. The molecule has 0 heterocycles. The van der Waals surface area contributed by atoms with Gasteiger partial charge in [0.05, 0.1) is 4.92 Å². The highest BCUT2D eigenvalue weighted by atomic mass is 16.6. The SMILES string of the molecule is Cc1ccc(/C=C\c2ccc([N+](=O)[O-])cc2)c2ccccc12. The Morgan fingerprint density at radius 3 is 2.23 bits per heavy atom. The highest BCUT2D eigenvalue weighted by Gasteiger charge is 2.03. The van der Waals surface area contributed by atoms with Crippen molar-refractivity contribution < 1.29 is 4.92 Å². The maximum atomic E-state index is 10.7. The lowest BCUT2D eigenvalue weighted by Gasteiger charge is -2.05. The number of hydrogen-bond donors (Lipinski definition) is 0. The molecule has 0 unspecified atom stereocenters. The Kier molecular flexibility index (Phi) is 3.71. The summed E-state index contributed by atoms with van der Waals surface area (Å²) < 4.78 is 0. The van der Waals surface area contributed by atoms with E-state index in [4.69, 9.17) is 0 Å². The second-order valence-electron chi connectivity index (χ2n) is 5.20. The molecule has 108 valence electrons. The van der Waals surface area contributed by atoms with Crippen LogP contribution in [0, 0.1) is 17.0 Å². The van der Waals surface area contributed by atoms with Gasteiger partial charge in [-0.25, -0.2) is 0 Å². The van der Waals surface area contributed by atoms with Crippen LogP contribution in [0.1, 0.15) is 16.7 Å². The van der Waals surface area contributed by atoms with Crippen molar-refractivity contribution in [3.05, 3.63) is 87.5 Å². The number of fused-ring (bicyclic) bond motifs is 1. The van der Waals surface area contributed by atoms with E-state index in [0.717, 1.165) is 11.1 Å². The molecule has 0 atom stereocenters. The summed E-state index contributed by atoms with van der Waals surface area (Å²) in [6.45, 7) is 2.10. The second kappa shape index (κ2) is 5.82. The molecule has 3 rings (SSSR count). The highest BCUT2D eigenvalue weighted by Crippen LogP contribution is 2.24. The third kappa shape index (κ3) is 2.74. The Hall–Kier alpha value is -2.94. The molecule has 0 saturated carbocycles. The molecule has 0 aliphatic rings. The van der Waals surface area contributed by atoms with E-state index in [-0.39, 0.29) is 10.6 Å². The van der Waals surface area contributed by atoms with Crippen molar-refractivity contribution in [3.63, 3.8) is 0 Å². The summed E-state index contributed by atoms with van der Waals surface area (Å²) in [7, 11) is 0. The van der Waals surface area contributed by atoms with Gasteiger partial charge in [0.2, 0.25) is 0 Å². The van der Waals surface area contributed by atoms with Crippen LogP contribution in [0.3, 0.4) is 0 Å². The largest absolute Gasteiger partial charge is 0.269 e. The van der Waals surface area contributed by atoms with E-state index in [1.807, 2.05) is 24.3 Å². The van der Waals surface area contributed by atoms with Crippen molar-refractivity contribution >= 4 is 28.6 Å². The minimum Gasteiger partial charge on any atom is -0.258 e. The van der Waals surface area contributed by atoms with Crippen LogP contribution in [0.25, 0.3) is 22.9 Å². The van der Waals surface area contributed by atoms with E-state index in [0.29, 0.717) is 0 Å². The number of aryl methyl sites for hydroxylation is 1. The Bertz CT molecular complexity index is 864. The van der Waals surface area contributed by atoms with Gasteiger partial charge in [0, 0.05) is 12.1 Å². The minimum absolute atomic E-state index is 0.109. The zero-order valence-corrected chi connectivity index (χ0v) is 12.2. The molecule has 0 amide bonds. The van der Waals surface area contributed by atoms with E-state index in [1.165, 1.54) is 28.5 Å². The van der Waals surface area contributed by atoms with Gasteiger partial charge in [-0.3, -0.25) is 10.1 Å². The molecule has 0 aliphatic heterocycles. The van der Waals surface area contributed by atoms with Crippen molar-refractivity contribution in [3.8, 4) is 0 Å². The van der Waals surface area contributed by atoms with E-state index in [2.05, 4.69) is 31.2 Å². The van der Waals surface area contributed by atoms with Crippen molar-refractivity contribution in [1.82, 2.24) is 0 Å². The fraction of sp³-hybridized carbons (Fsp3) is 0.0526. The van der Waals surface area contributed by atoms with Gasteiger partial charge in [-0.1, -0.05) is 48.6 Å². The fourth-order valence-electron chi connectivity index (χ4n) is 2.51. The van der Waals surface area contributed by atoms with E-state index >= 15 is 0 Å². The Morgan fingerprint density at radius 2 is 1.55 bits per heavy atom. The zero-order chi connectivity index (χ0) is 15.5. The van der Waals surface area contributed by atoms with E-state index < -0.39 is 0 Å². The van der Waals surface area contributed by atoms with Gasteiger partial charge in [-0.05, 0) is 46.5 Å². The number of non-ortho nitro benzene ring substituents is 1. The van der Waals surface area contributed by atoms with Crippen molar-refractivity contribution in [2.75, 3.05) is 0 Å². The monoisotopic (exact) mass is 289 g/mol. The summed E-state index contributed by atoms with van der Waals surface area (Å²) in [5.41, 5.74) is 3.44. The van der Waals surface area contributed by atoms with Gasteiger partial charge >= 0.3 is 0 Å². The Labute approximate surface area is 128 Å². The average Bonchev–Trinajstić information content (AvgIpc) is 2.55. The molecule has 0 saturated heterocycles. The van der Waals surface area contributed by atoms with Crippen LogP contribution in [0.2, 0.25) is 0 Å². The third-order valence-electron chi connectivity index (χ3n) is 3.74. The Balaban J connectivity index is 1.96. The molecular weight excluding hydrogens is 274 g/mol. The molecule has 0 radical (unpaired) electrons. The van der Waals surface area contributed by atoms with Crippen LogP contribution in [-0.2, 0) is 0 Å². The first-order valence-electron chi connectivity index (χ1n) is 7.06. The predicted molar refractivity (Wildman–Crippen MR) is 90.7 cm³/mol. The lowest BCUT2D eigenvalue weighted by molar-refractivity contribution is -0.384. The molecule has 3 heteroatoms. The summed E-state index contributed by atoms with van der Waals surface area (Å²) >= 11 is 0. The van der Waals surface area contributed by atoms with E-state index in [1.54, 1.807) is 12.1 Å². The summed E-state index contributed by atoms with van der Waals surface area (Å²) in [5.74, 6) is 0. The Morgan fingerprint density at radius 1 is 0.864 bits per heavy atom. The number of nitro groups is 1. The minimum atomic E-state index is -0.388. The van der Waals surface area contributed by atoms with Crippen molar-refractivity contribution in [1.29, 1.82) is 0 Å². The van der Waals surface area contributed by atoms with Crippen LogP contribution in [-0.4, -0.2) is 4.92 Å². The lowest BCUT2D eigenvalue weighted by atomic mass is 9.99. The van der Waals surface area contributed by atoms with Crippen LogP contribution in [0.15, 0.2) is 60.7 Å². The molecular formula is C19H15NO2. The molecule has 0 N–H and O–H groups in total. The van der Waals surface area contributed by atoms with Crippen LogP contribution in [0.4, 0.5) is 5.69 Å². The smallest absolute Gasteiger partial charge is 0.258 e. The van der Waals surface area contributed by atoms with Crippen molar-refractivity contribution in [2.24, 2.45) is 0 Å². The summed E-state index contributed by atoms with van der Waals surface area (Å²) in [5, 5.41) is 13.1. The van der Waals surface area contributed by atoms with Gasteiger partial charge in [-0.15, -0.1) is 0 Å². The van der Waals surface area contributed by atoms with Crippen LogP contribution >= 0.6 is 0 Å². The first-order valence-corrected chi connectivity index (χ1v) is 7.06. The maximum absolute atomic E-state index is 10.7. The summed E-state index contributed by atoms with van der Waals surface area (Å²) in [6.07, 6.45) is 4.02. The predicted octanol–water partition coefficient (Wildman–Crippen LogP) is 5.23. The second-order valence-corrected chi connectivity index (χ2v) is 5.20. The number of benzene rings is 3. The quantitative estimate of drug-likeness (QED) is 0.376. The van der Waals surface area contributed by atoms with Gasteiger partial charge < -0.3 is 0 Å². The highest BCUT2D eigenvalue weighted by molar-refractivity contribution is 5.94. The van der Waals surface area contributed by atoms with Crippen LogP contribution in [0.5, 0.6) is 0 Å². The van der Waals surface area contributed by atoms with Gasteiger partial charge in [0.15, 0.2) is 0 Å². The summed E-state index contributed by atoms with van der Waals surface area (Å²) in [6, 6.07) is 19.1. The van der Waals surface area contributed by atoms with Crippen molar-refractivity contribution in [2.45, 2.75) is 6.92 Å². The summed E-state index contributed by atoms with van der Waals surface area (Å²) in [4.78, 5) is 10.3. The number of hydrogen-bond acceptors (Lipinski definition) is 2. The van der Waals surface area contributed by atoms with E-state index in [9.17, 15) is 10.1 Å². The van der Waals surface area contributed by atoms with Gasteiger partial charge in [0.1, 0.15) is 0 Å². The number of rotatable bonds is 3. The first-order chi connectivity index (χ1) is 10.6.